The van der Waals surface area contributed by atoms with Gasteiger partial charge in [-0.3, -0.25) is 4.79 Å². The average Bonchev–Trinajstić information content (AvgIpc) is 3.22. The molecule has 2 aromatic carbocycles. The van der Waals surface area contributed by atoms with Crippen molar-refractivity contribution < 1.29 is 14.3 Å². The summed E-state index contributed by atoms with van der Waals surface area (Å²) in [7, 11) is 1.61. The van der Waals surface area contributed by atoms with Crippen LogP contribution in [0.3, 0.4) is 0 Å². The second-order valence-corrected chi connectivity index (χ2v) is 6.36. The predicted molar refractivity (Wildman–Crippen MR) is 101 cm³/mol. The Morgan fingerprint density at radius 3 is 2.96 bits per heavy atom. The van der Waals surface area contributed by atoms with Gasteiger partial charge in [0.05, 0.1) is 25.5 Å². The van der Waals surface area contributed by atoms with Crippen molar-refractivity contribution in [3.8, 4) is 11.4 Å². The molecule has 1 unspecified atom stereocenters. The Kier molecular flexibility index (Phi) is 4.89. The van der Waals surface area contributed by atoms with Gasteiger partial charge < -0.3 is 14.8 Å². The molecule has 4 rings (SSSR count). The van der Waals surface area contributed by atoms with Gasteiger partial charge >= 0.3 is 0 Å². The fraction of sp³-hybridized carbons (Fsp3) is 0.238. The van der Waals surface area contributed by atoms with Crippen molar-refractivity contribution in [2.24, 2.45) is 0 Å². The van der Waals surface area contributed by atoms with Crippen LogP contribution in [-0.4, -0.2) is 35.9 Å². The maximum atomic E-state index is 12.5. The largest absolute Gasteiger partial charge is 0.494 e. The Balaban J connectivity index is 1.45. The maximum Gasteiger partial charge on any atom is 0.254 e. The number of ether oxygens (including phenoxy) is 2. The Bertz CT molecular complexity index is 951. The van der Waals surface area contributed by atoms with E-state index in [9.17, 15) is 4.79 Å². The van der Waals surface area contributed by atoms with Crippen LogP contribution in [0.4, 0.5) is 0 Å². The van der Waals surface area contributed by atoms with Crippen molar-refractivity contribution >= 4 is 5.91 Å². The molecule has 3 aromatic rings. The third-order valence-corrected chi connectivity index (χ3v) is 4.72. The first kappa shape index (κ1) is 17.3. The van der Waals surface area contributed by atoms with Gasteiger partial charge in [-0.15, -0.1) is 0 Å². The van der Waals surface area contributed by atoms with E-state index < -0.39 is 0 Å². The molecule has 6 nitrogen and oxygen atoms in total. The molecule has 1 aliphatic heterocycles. The Hall–Kier alpha value is -3.12. The van der Waals surface area contributed by atoms with Crippen molar-refractivity contribution in [2.75, 3.05) is 20.3 Å². The first-order valence-corrected chi connectivity index (χ1v) is 8.92. The highest BCUT2D eigenvalue weighted by Gasteiger charge is 2.21. The van der Waals surface area contributed by atoms with Gasteiger partial charge in [-0.2, -0.15) is 5.10 Å². The maximum absolute atomic E-state index is 12.5. The minimum absolute atomic E-state index is 0.122. The van der Waals surface area contributed by atoms with Crippen LogP contribution >= 0.6 is 0 Å². The van der Waals surface area contributed by atoms with Gasteiger partial charge in [-0.05, 0) is 29.7 Å². The molecule has 27 heavy (non-hydrogen) atoms. The number of nitrogens with one attached hydrogen (secondary N) is 1. The third-order valence-electron chi connectivity index (χ3n) is 4.72. The van der Waals surface area contributed by atoms with E-state index in [-0.39, 0.29) is 12.0 Å². The number of benzene rings is 2. The summed E-state index contributed by atoms with van der Waals surface area (Å²) in [5, 5.41) is 7.25. The topological polar surface area (TPSA) is 65.4 Å². The van der Waals surface area contributed by atoms with Crippen molar-refractivity contribution in [2.45, 2.75) is 12.5 Å². The zero-order chi connectivity index (χ0) is 18.6. The normalized spacial score (nSPS) is 15.8. The van der Waals surface area contributed by atoms with Crippen molar-refractivity contribution in [1.29, 1.82) is 0 Å². The van der Waals surface area contributed by atoms with Crippen LogP contribution in [0.5, 0.6) is 5.75 Å². The molecule has 6 heteroatoms. The summed E-state index contributed by atoms with van der Waals surface area (Å²) in [6.45, 7) is 1.10. The van der Waals surface area contributed by atoms with E-state index in [2.05, 4.69) is 22.5 Å². The van der Waals surface area contributed by atoms with Crippen LogP contribution < -0.4 is 10.1 Å². The number of aromatic nitrogens is 2. The van der Waals surface area contributed by atoms with Crippen molar-refractivity contribution in [3.05, 3.63) is 77.6 Å². The highest BCUT2D eigenvalue weighted by Crippen LogP contribution is 2.26. The van der Waals surface area contributed by atoms with Gasteiger partial charge in [0.2, 0.25) is 0 Å². The van der Waals surface area contributed by atoms with E-state index in [4.69, 9.17) is 9.47 Å². The average molecular weight is 363 g/mol. The molecule has 0 aliphatic carbocycles. The van der Waals surface area contributed by atoms with Crippen LogP contribution in [-0.2, 0) is 11.2 Å². The van der Waals surface area contributed by atoms with Gasteiger partial charge in [0.15, 0.2) is 0 Å². The highest BCUT2D eigenvalue weighted by molar-refractivity contribution is 5.93. The number of carbonyl (C=O) groups excluding carboxylic acids is 1. The number of carbonyl (C=O) groups is 1. The molecule has 138 valence electrons. The SMILES string of the molecule is COc1ccccc1-n1cc(C(=O)NCC2OCCc3ccccc32)cn1. The molecule has 0 saturated carbocycles. The summed E-state index contributed by atoms with van der Waals surface area (Å²) in [5.74, 6) is 0.516. The lowest BCUT2D eigenvalue weighted by molar-refractivity contribution is 0.0411. The summed E-state index contributed by atoms with van der Waals surface area (Å²) >= 11 is 0. The molecule has 0 saturated heterocycles. The molecule has 0 radical (unpaired) electrons. The van der Waals surface area contributed by atoms with Crippen LogP contribution in [0.15, 0.2) is 60.9 Å². The smallest absolute Gasteiger partial charge is 0.254 e. The van der Waals surface area contributed by atoms with E-state index in [0.717, 1.165) is 17.7 Å². The molecule has 1 amide bonds. The highest BCUT2D eigenvalue weighted by atomic mass is 16.5. The predicted octanol–water partition coefficient (Wildman–Crippen LogP) is 2.92. The van der Waals surface area contributed by atoms with Crippen LogP contribution in [0.2, 0.25) is 0 Å². The van der Waals surface area contributed by atoms with Gasteiger partial charge in [-0.1, -0.05) is 36.4 Å². The second kappa shape index (κ2) is 7.63. The molecule has 1 aliphatic rings. The molecule has 0 bridgehead atoms. The Morgan fingerprint density at radius 1 is 1.26 bits per heavy atom. The Labute approximate surface area is 157 Å². The zero-order valence-electron chi connectivity index (χ0n) is 15.1. The second-order valence-electron chi connectivity index (χ2n) is 6.36. The molecule has 1 N–H and O–H groups in total. The number of amides is 1. The first-order valence-electron chi connectivity index (χ1n) is 8.92. The number of rotatable bonds is 5. The lowest BCUT2D eigenvalue weighted by Crippen LogP contribution is -2.31. The standard InChI is InChI=1S/C21H21N3O3/c1-26-19-9-5-4-8-18(19)24-14-16(12-23-24)21(25)22-13-20-17-7-3-2-6-15(17)10-11-27-20/h2-9,12,14,20H,10-11,13H2,1H3,(H,22,25). The molecule has 2 heterocycles. The molecule has 0 spiro atoms. The zero-order valence-corrected chi connectivity index (χ0v) is 15.1. The van der Waals surface area contributed by atoms with Gasteiger partial charge in [0.25, 0.3) is 5.91 Å². The number of hydrogen-bond donors (Lipinski definition) is 1. The summed E-state index contributed by atoms with van der Waals surface area (Å²) in [5.41, 5.74) is 3.70. The minimum atomic E-state index is -0.178. The lowest BCUT2D eigenvalue weighted by atomic mass is 9.97. The van der Waals surface area contributed by atoms with Crippen molar-refractivity contribution in [3.63, 3.8) is 0 Å². The number of nitrogens with zero attached hydrogens (tertiary/aromatic N) is 2. The van der Waals surface area contributed by atoms with Crippen LogP contribution in [0.25, 0.3) is 5.69 Å². The van der Waals surface area contributed by atoms with Gasteiger partial charge in [0.1, 0.15) is 17.5 Å². The number of fused-ring (bicyclic) bond motifs is 1. The quantitative estimate of drug-likeness (QED) is 0.757. The van der Waals surface area contributed by atoms with Gasteiger partial charge in [-0.25, -0.2) is 4.68 Å². The molecule has 1 aromatic heterocycles. The van der Waals surface area contributed by atoms with E-state index in [0.29, 0.717) is 24.5 Å². The van der Waals surface area contributed by atoms with E-state index in [1.54, 1.807) is 24.2 Å². The summed E-state index contributed by atoms with van der Waals surface area (Å²) < 4.78 is 12.8. The number of hydrogen-bond acceptors (Lipinski definition) is 4. The fourth-order valence-corrected chi connectivity index (χ4v) is 3.32. The molecule has 0 fully saturated rings. The lowest BCUT2D eigenvalue weighted by Gasteiger charge is -2.26. The summed E-state index contributed by atoms with van der Waals surface area (Å²) in [6.07, 6.45) is 4.04. The number of para-hydroxylation sites is 2. The van der Waals surface area contributed by atoms with Crippen molar-refractivity contribution in [1.82, 2.24) is 15.1 Å². The third kappa shape index (κ3) is 3.57. The van der Waals surface area contributed by atoms with E-state index in [1.165, 1.54) is 5.56 Å². The summed E-state index contributed by atoms with van der Waals surface area (Å²) in [6, 6.07) is 15.7. The monoisotopic (exact) mass is 363 g/mol. The first-order chi connectivity index (χ1) is 13.3. The van der Waals surface area contributed by atoms with Crippen LogP contribution in [0, 0.1) is 0 Å². The Morgan fingerprint density at radius 2 is 2.07 bits per heavy atom. The molecular formula is C21H21N3O3. The minimum Gasteiger partial charge on any atom is -0.494 e. The summed E-state index contributed by atoms with van der Waals surface area (Å²) in [4.78, 5) is 12.5. The molecule has 1 atom stereocenters. The number of methoxy groups -OCH3 is 1. The van der Waals surface area contributed by atoms with Crippen LogP contribution in [0.1, 0.15) is 27.6 Å². The van der Waals surface area contributed by atoms with E-state index >= 15 is 0 Å². The fourth-order valence-electron chi connectivity index (χ4n) is 3.32. The van der Waals surface area contributed by atoms with E-state index in [1.807, 2.05) is 36.4 Å². The van der Waals surface area contributed by atoms with Gasteiger partial charge in [0, 0.05) is 12.7 Å². The molecular weight excluding hydrogens is 342 g/mol.